The van der Waals surface area contributed by atoms with Crippen LogP contribution in [0.3, 0.4) is 0 Å². The topological polar surface area (TPSA) is 62.3 Å². The molecule has 7 heteroatoms. The summed E-state index contributed by atoms with van der Waals surface area (Å²) in [5, 5.41) is 2.57. The molecular weight excluding hydrogens is 353 g/mol. The van der Waals surface area contributed by atoms with Crippen molar-refractivity contribution >= 4 is 34.5 Å². The molecule has 1 aliphatic heterocycles. The van der Waals surface area contributed by atoms with Crippen molar-refractivity contribution in [3.63, 3.8) is 0 Å². The van der Waals surface area contributed by atoms with Crippen molar-refractivity contribution in [3.8, 4) is 0 Å². The maximum atomic E-state index is 13.7. The number of hydrogen-bond donors (Lipinski definition) is 1. The Morgan fingerprint density at radius 3 is 2.81 bits per heavy atom. The number of pyridine rings is 1. The van der Waals surface area contributed by atoms with Gasteiger partial charge in [-0.05, 0) is 30.3 Å². The first-order valence-corrected chi connectivity index (χ1v) is 8.85. The highest BCUT2D eigenvalue weighted by Gasteiger charge is 2.29. The van der Waals surface area contributed by atoms with Gasteiger partial charge in [0.15, 0.2) is 0 Å². The number of carbonyl (C=O) groups is 2. The third-order valence-electron chi connectivity index (χ3n) is 4.14. The van der Waals surface area contributed by atoms with Crippen LogP contribution < -0.4 is 10.2 Å². The molecule has 0 atom stereocenters. The standard InChI is InChI=1S/C19H14FN3O2S/c20-13-5-1-2-6-14(13)22-18(24)17-10-15-16(26-17)7-9-23(15)19(25)12-4-3-8-21-11-12/h1-6,8,10-11H,7,9H2,(H,22,24). The average Bonchev–Trinajstić information content (AvgIpc) is 3.24. The minimum atomic E-state index is -0.488. The maximum absolute atomic E-state index is 13.7. The molecule has 1 aromatic carbocycles. The van der Waals surface area contributed by atoms with Gasteiger partial charge in [-0.2, -0.15) is 0 Å². The Labute approximate surface area is 153 Å². The Morgan fingerprint density at radius 2 is 2.04 bits per heavy atom. The number of anilines is 2. The molecule has 1 aliphatic rings. The summed E-state index contributed by atoms with van der Waals surface area (Å²) in [5.41, 5.74) is 1.38. The van der Waals surface area contributed by atoms with Crippen molar-refractivity contribution in [1.29, 1.82) is 0 Å². The van der Waals surface area contributed by atoms with Gasteiger partial charge in [-0.3, -0.25) is 14.6 Å². The number of aromatic nitrogens is 1. The summed E-state index contributed by atoms with van der Waals surface area (Å²) in [4.78, 5) is 32.2. The molecule has 4 rings (SSSR count). The normalized spacial score (nSPS) is 12.7. The Hall–Kier alpha value is -3.06. The highest BCUT2D eigenvalue weighted by molar-refractivity contribution is 7.14. The van der Waals surface area contributed by atoms with Crippen LogP contribution in [0.1, 0.15) is 24.9 Å². The molecule has 0 aliphatic carbocycles. The molecule has 3 heterocycles. The van der Waals surface area contributed by atoms with E-state index in [1.165, 1.54) is 29.7 Å². The van der Waals surface area contributed by atoms with E-state index < -0.39 is 5.82 Å². The number of para-hydroxylation sites is 1. The van der Waals surface area contributed by atoms with E-state index in [9.17, 15) is 14.0 Å². The summed E-state index contributed by atoms with van der Waals surface area (Å²) in [7, 11) is 0. The Kier molecular flexibility index (Phi) is 4.22. The van der Waals surface area contributed by atoms with Crippen molar-refractivity contribution in [2.45, 2.75) is 6.42 Å². The van der Waals surface area contributed by atoms with Gasteiger partial charge in [-0.15, -0.1) is 11.3 Å². The van der Waals surface area contributed by atoms with Gasteiger partial charge in [-0.1, -0.05) is 12.1 Å². The van der Waals surface area contributed by atoms with Crippen LogP contribution in [0.25, 0.3) is 0 Å². The van der Waals surface area contributed by atoms with Crippen LogP contribution in [-0.2, 0) is 6.42 Å². The summed E-state index contributed by atoms with van der Waals surface area (Å²) >= 11 is 1.33. The fraction of sp³-hybridized carbons (Fsp3) is 0.105. The second-order valence-corrected chi connectivity index (χ2v) is 6.94. The molecule has 3 aromatic rings. The summed E-state index contributed by atoms with van der Waals surface area (Å²) < 4.78 is 13.7. The lowest BCUT2D eigenvalue weighted by molar-refractivity contribution is 0.0986. The van der Waals surface area contributed by atoms with Crippen LogP contribution in [0.2, 0.25) is 0 Å². The number of rotatable bonds is 3. The molecule has 0 spiro atoms. The summed E-state index contributed by atoms with van der Waals surface area (Å²) in [6.45, 7) is 0.574. The van der Waals surface area contributed by atoms with Gasteiger partial charge in [-0.25, -0.2) is 4.39 Å². The molecule has 0 fully saturated rings. The first kappa shape index (κ1) is 16.4. The summed E-state index contributed by atoms with van der Waals surface area (Å²) in [6.07, 6.45) is 3.83. The second-order valence-electron chi connectivity index (χ2n) is 5.80. The minimum absolute atomic E-state index is 0.134. The molecule has 130 valence electrons. The molecule has 0 unspecified atom stereocenters. The zero-order valence-electron chi connectivity index (χ0n) is 13.6. The first-order chi connectivity index (χ1) is 12.6. The lowest BCUT2D eigenvalue weighted by Crippen LogP contribution is -2.29. The summed E-state index contributed by atoms with van der Waals surface area (Å²) in [5.74, 6) is -1.02. The number of nitrogens with zero attached hydrogens (tertiary/aromatic N) is 2. The number of halogens is 1. The van der Waals surface area contributed by atoms with Crippen LogP contribution in [0.15, 0.2) is 54.9 Å². The van der Waals surface area contributed by atoms with Gasteiger partial charge in [0, 0.05) is 30.2 Å². The Balaban J connectivity index is 1.56. The number of fused-ring (bicyclic) bond motifs is 1. The molecule has 0 bridgehead atoms. The molecule has 1 N–H and O–H groups in total. The molecule has 5 nitrogen and oxygen atoms in total. The number of nitrogens with one attached hydrogen (secondary N) is 1. The van der Waals surface area contributed by atoms with E-state index in [1.807, 2.05) is 0 Å². The number of thiophene rings is 1. The van der Waals surface area contributed by atoms with Crippen molar-refractivity contribution in [3.05, 3.63) is 76.0 Å². The number of benzene rings is 1. The van der Waals surface area contributed by atoms with E-state index in [2.05, 4.69) is 10.3 Å². The highest BCUT2D eigenvalue weighted by Crippen LogP contribution is 2.37. The van der Waals surface area contributed by atoms with E-state index in [0.29, 0.717) is 23.4 Å². The van der Waals surface area contributed by atoms with Crippen LogP contribution in [0.4, 0.5) is 15.8 Å². The zero-order valence-corrected chi connectivity index (χ0v) is 14.4. The molecule has 0 saturated carbocycles. The first-order valence-electron chi connectivity index (χ1n) is 8.04. The Morgan fingerprint density at radius 1 is 1.19 bits per heavy atom. The fourth-order valence-electron chi connectivity index (χ4n) is 2.87. The monoisotopic (exact) mass is 367 g/mol. The SMILES string of the molecule is O=C(Nc1ccccc1F)c1cc2c(s1)CCN2C(=O)c1cccnc1. The summed E-state index contributed by atoms with van der Waals surface area (Å²) in [6, 6.07) is 11.1. The third kappa shape index (κ3) is 2.97. The van der Waals surface area contributed by atoms with E-state index in [4.69, 9.17) is 0 Å². The molecule has 2 aromatic heterocycles. The molecule has 26 heavy (non-hydrogen) atoms. The molecule has 2 amide bonds. The number of carbonyl (C=O) groups excluding carboxylic acids is 2. The van der Waals surface area contributed by atoms with Gasteiger partial charge in [0.25, 0.3) is 11.8 Å². The molecule has 0 saturated heterocycles. The minimum Gasteiger partial charge on any atom is -0.319 e. The smallest absolute Gasteiger partial charge is 0.265 e. The van der Waals surface area contributed by atoms with Gasteiger partial charge >= 0.3 is 0 Å². The van der Waals surface area contributed by atoms with Crippen molar-refractivity contribution in [1.82, 2.24) is 4.98 Å². The van der Waals surface area contributed by atoms with E-state index >= 15 is 0 Å². The third-order valence-corrected chi connectivity index (χ3v) is 5.32. The predicted octanol–water partition coefficient (Wildman–Crippen LogP) is 3.74. The van der Waals surface area contributed by atoms with Crippen molar-refractivity contribution < 1.29 is 14.0 Å². The van der Waals surface area contributed by atoms with Gasteiger partial charge < -0.3 is 10.2 Å². The van der Waals surface area contributed by atoms with E-state index in [1.54, 1.807) is 41.4 Å². The molecule has 0 radical (unpaired) electrons. The van der Waals surface area contributed by atoms with Gasteiger partial charge in [0.2, 0.25) is 0 Å². The van der Waals surface area contributed by atoms with Crippen LogP contribution in [-0.4, -0.2) is 23.3 Å². The number of amides is 2. The lowest BCUT2D eigenvalue weighted by atomic mass is 10.2. The van der Waals surface area contributed by atoms with Crippen LogP contribution in [0, 0.1) is 5.82 Å². The van der Waals surface area contributed by atoms with Crippen molar-refractivity contribution in [2.24, 2.45) is 0 Å². The fourth-order valence-corrected chi connectivity index (χ4v) is 3.92. The van der Waals surface area contributed by atoms with E-state index in [-0.39, 0.29) is 17.5 Å². The lowest BCUT2D eigenvalue weighted by Gasteiger charge is -2.15. The highest BCUT2D eigenvalue weighted by atomic mass is 32.1. The van der Waals surface area contributed by atoms with E-state index in [0.717, 1.165) is 10.6 Å². The quantitative estimate of drug-likeness (QED) is 0.767. The largest absolute Gasteiger partial charge is 0.319 e. The van der Waals surface area contributed by atoms with Gasteiger partial charge in [0.05, 0.1) is 21.8 Å². The number of hydrogen-bond acceptors (Lipinski definition) is 4. The van der Waals surface area contributed by atoms with Crippen molar-refractivity contribution in [2.75, 3.05) is 16.8 Å². The zero-order chi connectivity index (χ0) is 18.1. The second kappa shape index (κ2) is 6.68. The molecular formula is C19H14FN3O2S. The van der Waals surface area contributed by atoms with Crippen LogP contribution >= 0.6 is 11.3 Å². The Bertz CT molecular complexity index is 987. The van der Waals surface area contributed by atoms with Gasteiger partial charge in [0.1, 0.15) is 5.82 Å². The van der Waals surface area contributed by atoms with Crippen LogP contribution in [0.5, 0.6) is 0 Å². The maximum Gasteiger partial charge on any atom is 0.265 e. The predicted molar refractivity (Wildman–Crippen MR) is 98.3 cm³/mol. The average molecular weight is 367 g/mol.